The first kappa shape index (κ1) is 20.7. The normalized spacial score (nSPS) is 13.9. The van der Waals surface area contributed by atoms with Crippen molar-refractivity contribution in [3.63, 3.8) is 0 Å². The predicted molar refractivity (Wildman–Crippen MR) is 134 cm³/mol. The molecule has 0 fully saturated rings. The number of ether oxygens (including phenoxy) is 3. The second-order valence-electron chi connectivity index (χ2n) is 7.71. The molecule has 0 N–H and O–H groups in total. The minimum Gasteiger partial charge on any atom is -0.493 e. The van der Waals surface area contributed by atoms with Gasteiger partial charge in [0.15, 0.2) is 11.5 Å². The van der Waals surface area contributed by atoms with Crippen LogP contribution in [0, 0.1) is 0 Å². The molecule has 1 aliphatic rings. The molecule has 3 nitrogen and oxygen atoms in total. The minimum absolute atomic E-state index is 0.661. The minimum atomic E-state index is 0.661. The van der Waals surface area contributed by atoms with Crippen molar-refractivity contribution in [2.75, 3.05) is 14.2 Å². The number of rotatable bonds is 5. The van der Waals surface area contributed by atoms with Gasteiger partial charge in [0.05, 0.1) is 14.2 Å². The molecule has 0 radical (unpaired) electrons. The van der Waals surface area contributed by atoms with Crippen LogP contribution in [-0.4, -0.2) is 14.2 Å². The van der Waals surface area contributed by atoms with Crippen LogP contribution in [-0.2, 0) is 4.74 Å². The monoisotopic (exact) mass is 432 g/mol. The highest BCUT2D eigenvalue weighted by Gasteiger charge is 2.28. The Bertz CT molecular complexity index is 1320. The maximum absolute atomic E-state index is 6.69. The van der Waals surface area contributed by atoms with Gasteiger partial charge in [0, 0.05) is 22.3 Å². The quantitative estimate of drug-likeness (QED) is 0.335. The van der Waals surface area contributed by atoms with Crippen LogP contribution < -0.4 is 9.47 Å². The van der Waals surface area contributed by atoms with E-state index >= 15 is 0 Å². The fraction of sp³-hybridized carbons (Fsp3) is 0.0667. The fourth-order valence-electron chi connectivity index (χ4n) is 4.12. The lowest BCUT2D eigenvalue weighted by Crippen LogP contribution is -2.09. The van der Waals surface area contributed by atoms with Gasteiger partial charge in [0.25, 0.3) is 0 Å². The van der Waals surface area contributed by atoms with Crippen molar-refractivity contribution in [1.29, 1.82) is 0 Å². The first-order valence-corrected chi connectivity index (χ1v) is 10.8. The van der Waals surface area contributed by atoms with Crippen molar-refractivity contribution in [1.82, 2.24) is 0 Å². The molecule has 0 bridgehead atoms. The van der Waals surface area contributed by atoms with E-state index in [1.54, 1.807) is 14.2 Å². The molecule has 0 spiro atoms. The summed E-state index contributed by atoms with van der Waals surface area (Å²) in [6.07, 6.45) is 2.06. The highest BCUT2D eigenvalue weighted by Crippen LogP contribution is 2.47. The lowest BCUT2D eigenvalue weighted by molar-refractivity contribution is 0.354. The molecule has 0 saturated carbocycles. The van der Waals surface area contributed by atoms with Crippen LogP contribution in [0.1, 0.15) is 27.8 Å². The van der Waals surface area contributed by atoms with Gasteiger partial charge in [-0.15, -0.1) is 0 Å². The van der Waals surface area contributed by atoms with Gasteiger partial charge in [-0.3, -0.25) is 0 Å². The van der Waals surface area contributed by atoms with Gasteiger partial charge in [-0.05, 0) is 29.3 Å². The van der Waals surface area contributed by atoms with E-state index in [-0.39, 0.29) is 0 Å². The summed E-state index contributed by atoms with van der Waals surface area (Å²) in [6, 6.07) is 34.7. The van der Waals surface area contributed by atoms with Crippen LogP contribution in [0.2, 0.25) is 0 Å². The molecule has 1 heterocycles. The van der Waals surface area contributed by atoms with Gasteiger partial charge in [-0.2, -0.15) is 0 Å². The third-order valence-electron chi connectivity index (χ3n) is 5.69. The number of hydrogen-bond acceptors (Lipinski definition) is 3. The molecule has 162 valence electrons. The van der Waals surface area contributed by atoms with E-state index in [0.29, 0.717) is 11.5 Å². The maximum Gasteiger partial charge on any atom is 0.161 e. The maximum atomic E-state index is 6.69. The van der Waals surface area contributed by atoms with Gasteiger partial charge < -0.3 is 14.2 Å². The number of methoxy groups -OCH3 is 2. The van der Waals surface area contributed by atoms with Crippen LogP contribution in [0.4, 0.5) is 0 Å². The molecule has 0 aliphatic carbocycles. The lowest BCUT2D eigenvalue weighted by Gasteiger charge is -2.28. The zero-order chi connectivity index (χ0) is 22.6. The Hall–Kier alpha value is -4.24. The smallest absolute Gasteiger partial charge is 0.161 e. The molecule has 0 amide bonds. The van der Waals surface area contributed by atoms with Gasteiger partial charge in [0.2, 0.25) is 0 Å². The zero-order valence-corrected chi connectivity index (χ0v) is 18.6. The summed E-state index contributed by atoms with van der Waals surface area (Å²) in [5.41, 5.74) is 6.15. The van der Waals surface area contributed by atoms with E-state index in [0.717, 1.165) is 44.9 Å². The Morgan fingerprint density at radius 1 is 0.606 bits per heavy atom. The van der Waals surface area contributed by atoms with Crippen molar-refractivity contribution >= 4 is 23.2 Å². The van der Waals surface area contributed by atoms with Crippen molar-refractivity contribution in [2.45, 2.75) is 0 Å². The second-order valence-corrected chi connectivity index (χ2v) is 7.71. The van der Waals surface area contributed by atoms with E-state index in [1.165, 1.54) is 0 Å². The topological polar surface area (TPSA) is 27.7 Å². The Morgan fingerprint density at radius 2 is 1.12 bits per heavy atom. The predicted octanol–water partition coefficient (Wildman–Crippen LogP) is 7.15. The summed E-state index contributed by atoms with van der Waals surface area (Å²) in [5.74, 6) is 2.91. The van der Waals surface area contributed by atoms with E-state index in [4.69, 9.17) is 14.2 Å². The molecule has 3 heteroatoms. The molecule has 1 aliphatic heterocycles. The summed E-state index contributed by atoms with van der Waals surface area (Å²) >= 11 is 0. The Balaban J connectivity index is 1.84. The van der Waals surface area contributed by atoms with Crippen LogP contribution in [0.5, 0.6) is 11.5 Å². The first-order valence-electron chi connectivity index (χ1n) is 10.8. The van der Waals surface area contributed by atoms with Gasteiger partial charge in [-0.1, -0.05) is 91.0 Å². The molecule has 4 aromatic rings. The molecule has 33 heavy (non-hydrogen) atoms. The largest absolute Gasteiger partial charge is 0.493 e. The highest BCUT2D eigenvalue weighted by molar-refractivity contribution is 6.04. The third-order valence-corrected chi connectivity index (χ3v) is 5.69. The average molecular weight is 433 g/mol. The molecule has 4 aromatic carbocycles. The lowest BCUT2D eigenvalue weighted by atomic mass is 9.87. The Morgan fingerprint density at radius 3 is 1.70 bits per heavy atom. The van der Waals surface area contributed by atoms with E-state index in [9.17, 15) is 0 Å². The summed E-state index contributed by atoms with van der Waals surface area (Å²) < 4.78 is 18.0. The first-order chi connectivity index (χ1) is 16.3. The number of fused-ring (bicyclic) bond motifs is 1. The summed E-state index contributed by atoms with van der Waals surface area (Å²) in [4.78, 5) is 0. The van der Waals surface area contributed by atoms with Crippen molar-refractivity contribution in [3.05, 3.63) is 131 Å². The molecule has 0 unspecified atom stereocenters. The summed E-state index contributed by atoms with van der Waals surface area (Å²) in [6.45, 7) is 0. The molecular weight excluding hydrogens is 408 g/mol. The van der Waals surface area contributed by atoms with Gasteiger partial charge >= 0.3 is 0 Å². The van der Waals surface area contributed by atoms with Crippen LogP contribution in [0.15, 0.2) is 103 Å². The highest BCUT2D eigenvalue weighted by atomic mass is 16.5. The Kier molecular flexibility index (Phi) is 5.69. The number of hydrogen-bond donors (Lipinski definition) is 0. The van der Waals surface area contributed by atoms with E-state index < -0.39 is 0 Å². The SMILES string of the molecule is COc1cc2c(cc1OC)C(c1ccccc1)=C(c1ccccc1)OC2=Cc1ccccc1. The summed E-state index contributed by atoms with van der Waals surface area (Å²) in [5, 5.41) is 0. The molecule has 0 atom stereocenters. The van der Waals surface area contributed by atoms with Crippen LogP contribution in [0.25, 0.3) is 23.2 Å². The van der Waals surface area contributed by atoms with Crippen LogP contribution >= 0.6 is 0 Å². The molecule has 5 rings (SSSR count). The standard InChI is InChI=1S/C30H24O3/c1-31-27-19-24-25(20-28(27)32-2)29(22-14-8-4-9-15-22)30(23-16-10-5-11-17-23)33-26(24)18-21-12-6-3-7-13-21/h3-20H,1-2H3. The Labute approximate surface area is 194 Å². The molecular formula is C30H24O3. The van der Waals surface area contributed by atoms with Crippen molar-refractivity contribution in [3.8, 4) is 11.5 Å². The fourth-order valence-corrected chi connectivity index (χ4v) is 4.12. The zero-order valence-electron chi connectivity index (χ0n) is 18.6. The molecule has 0 aromatic heterocycles. The second kappa shape index (κ2) is 9.09. The van der Waals surface area contributed by atoms with E-state index in [2.05, 4.69) is 42.5 Å². The molecule has 0 saturated heterocycles. The third kappa shape index (κ3) is 4.01. The van der Waals surface area contributed by atoms with Crippen molar-refractivity contribution < 1.29 is 14.2 Å². The van der Waals surface area contributed by atoms with E-state index in [1.807, 2.05) is 66.7 Å². The average Bonchev–Trinajstić information content (AvgIpc) is 2.89. The summed E-state index contributed by atoms with van der Waals surface area (Å²) in [7, 11) is 3.31. The van der Waals surface area contributed by atoms with Crippen molar-refractivity contribution in [2.24, 2.45) is 0 Å². The van der Waals surface area contributed by atoms with Crippen LogP contribution in [0.3, 0.4) is 0 Å². The number of benzene rings is 4. The van der Waals surface area contributed by atoms with Gasteiger partial charge in [0.1, 0.15) is 11.5 Å². The van der Waals surface area contributed by atoms with Gasteiger partial charge in [-0.25, -0.2) is 0 Å².